The highest BCUT2D eigenvalue weighted by Crippen LogP contribution is 1.81. The zero-order valence-electron chi connectivity index (χ0n) is 6.91. The van der Waals surface area contributed by atoms with E-state index in [1.807, 2.05) is 0 Å². The van der Waals surface area contributed by atoms with Crippen molar-refractivity contribution in [3.8, 4) is 0 Å². The van der Waals surface area contributed by atoms with Gasteiger partial charge in [-0.05, 0) is 6.42 Å². The summed E-state index contributed by atoms with van der Waals surface area (Å²) in [6, 6.07) is 0. The van der Waals surface area contributed by atoms with E-state index in [1.54, 1.807) is 0 Å². The van der Waals surface area contributed by atoms with Crippen molar-refractivity contribution < 1.29 is 9.47 Å². The molecule has 0 aromatic carbocycles. The third kappa shape index (κ3) is 9.52. The fourth-order valence-corrected chi connectivity index (χ4v) is 0.568. The summed E-state index contributed by atoms with van der Waals surface area (Å²) >= 11 is 0. The minimum absolute atomic E-state index is 0.230. The normalized spacial score (nSPS) is 9.91. The molecule has 0 unspecified atom stereocenters. The highest BCUT2D eigenvalue weighted by atomic mass is 16.5. The summed E-state index contributed by atoms with van der Waals surface area (Å²) in [6.45, 7) is 4.61. The average molecular weight is 161 g/mol. The van der Waals surface area contributed by atoms with E-state index in [-0.39, 0.29) is 6.54 Å². The molecule has 0 saturated carbocycles. The molecule has 0 amide bonds. The van der Waals surface area contributed by atoms with Gasteiger partial charge < -0.3 is 9.47 Å². The van der Waals surface area contributed by atoms with Gasteiger partial charge in [-0.15, -0.1) is 0 Å². The summed E-state index contributed by atoms with van der Waals surface area (Å²) in [4.78, 5) is 9.58. The molecule has 0 rings (SSSR count). The third-order valence-corrected chi connectivity index (χ3v) is 1.05. The van der Waals surface area contributed by atoms with E-state index in [0.717, 1.165) is 13.0 Å². The van der Waals surface area contributed by atoms with Crippen LogP contribution < -0.4 is 0 Å². The maximum absolute atomic E-state index is 9.58. The van der Waals surface area contributed by atoms with Crippen molar-refractivity contribution >= 4 is 0 Å². The molecule has 0 atom stereocenters. The first-order valence-corrected chi connectivity index (χ1v) is 3.86. The molecule has 0 N–H and O–H groups in total. The lowest BCUT2D eigenvalue weighted by atomic mass is 10.5. The van der Waals surface area contributed by atoms with Gasteiger partial charge in [0.25, 0.3) is 0 Å². The number of ether oxygens (including phenoxy) is 2. The number of nitroso groups, excluding NO2 is 1. The first kappa shape index (κ1) is 10.5. The van der Waals surface area contributed by atoms with Gasteiger partial charge in [-0.25, -0.2) is 0 Å². The highest BCUT2D eigenvalue weighted by Gasteiger charge is 1.87. The van der Waals surface area contributed by atoms with Gasteiger partial charge in [0.2, 0.25) is 0 Å². The molecule has 0 radical (unpaired) electrons. The van der Waals surface area contributed by atoms with E-state index in [2.05, 4.69) is 12.1 Å². The quantitative estimate of drug-likeness (QED) is 0.397. The molecule has 66 valence electrons. The van der Waals surface area contributed by atoms with Crippen LogP contribution >= 0.6 is 0 Å². The van der Waals surface area contributed by atoms with Crippen LogP contribution in [0.15, 0.2) is 5.18 Å². The van der Waals surface area contributed by atoms with Crippen LogP contribution in [-0.4, -0.2) is 33.0 Å². The Morgan fingerprint density at radius 3 is 2.27 bits per heavy atom. The van der Waals surface area contributed by atoms with Crippen LogP contribution in [0.2, 0.25) is 0 Å². The molecule has 0 bridgehead atoms. The average Bonchev–Trinajstić information content (AvgIpc) is 2.03. The third-order valence-electron chi connectivity index (χ3n) is 1.05. The standard InChI is InChI=1S/C7H15NO3/c1-2-4-10-6-7-11-5-3-8-9/h2-7H2,1H3. The molecule has 0 aliphatic heterocycles. The molecule has 11 heavy (non-hydrogen) atoms. The van der Waals surface area contributed by atoms with Crippen molar-refractivity contribution in [1.82, 2.24) is 0 Å². The molecule has 0 aliphatic carbocycles. The molecule has 0 saturated heterocycles. The van der Waals surface area contributed by atoms with E-state index < -0.39 is 0 Å². The van der Waals surface area contributed by atoms with Crippen molar-refractivity contribution in [1.29, 1.82) is 0 Å². The molecule has 4 nitrogen and oxygen atoms in total. The predicted octanol–water partition coefficient (Wildman–Crippen LogP) is 1.20. The number of hydrogen-bond donors (Lipinski definition) is 0. The van der Waals surface area contributed by atoms with E-state index in [4.69, 9.17) is 9.47 Å². The summed E-state index contributed by atoms with van der Waals surface area (Å²) < 4.78 is 10.1. The van der Waals surface area contributed by atoms with Crippen LogP contribution in [0.1, 0.15) is 13.3 Å². The number of hydrogen-bond acceptors (Lipinski definition) is 4. The lowest BCUT2D eigenvalue weighted by Gasteiger charge is -2.01. The fraction of sp³-hybridized carbons (Fsp3) is 1.00. The Hall–Kier alpha value is -0.480. The molecular formula is C7H15NO3. The van der Waals surface area contributed by atoms with E-state index >= 15 is 0 Å². The van der Waals surface area contributed by atoms with Crippen LogP contribution in [0.5, 0.6) is 0 Å². The second kappa shape index (κ2) is 9.52. The SMILES string of the molecule is CCCOCCOCCN=O. The second-order valence-corrected chi connectivity index (χ2v) is 2.08. The van der Waals surface area contributed by atoms with Crippen LogP contribution in [0.25, 0.3) is 0 Å². The zero-order valence-corrected chi connectivity index (χ0v) is 6.91. The monoisotopic (exact) mass is 161 g/mol. The molecule has 4 heteroatoms. The molecule has 0 aromatic rings. The summed E-state index contributed by atoms with van der Waals surface area (Å²) in [7, 11) is 0. The van der Waals surface area contributed by atoms with Gasteiger partial charge in [0.15, 0.2) is 0 Å². The van der Waals surface area contributed by atoms with E-state index in [1.165, 1.54) is 0 Å². The van der Waals surface area contributed by atoms with E-state index in [9.17, 15) is 4.91 Å². The van der Waals surface area contributed by atoms with Crippen molar-refractivity contribution in [3.05, 3.63) is 4.91 Å². The van der Waals surface area contributed by atoms with Gasteiger partial charge in [-0.2, -0.15) is 4.91 Å². The molecule has 0 aromatic heterocycles. The lowest BCUT2D eigenvalue weighted by Crippen LogP contribution is -2.06. The Morgan fingerprint density at radius 1 is 1.09 bits per heavy atom. The Balaban J connectivity index is 2.74. The summed E-state index contributed by atoms with van der Waals surface area (Å²) in [5.41, 5.74) is 0. The van der Waals surface area contributed by atoms with Crippen molar-refractivity contribution in [3.63, 3.8) is 0 Å². The van der Waals surface area contributed by atoms with Gasteiger partial charge >= 0.3 is 0 Å². The van der Waals surface area contributed by atoms with Crippen molar-refractivity contribution in [2.45, 2.75) is 13.3 Å². The minimum Gasteiger partial charge on any atom is -0.379 e. The first-order chi connectivity index (χ1) is 5.41. The van der Waals surface area contributed by atoms with Crippen molar-refractivity contribution in [2.75, 3.05) is 33.0 Å². The number of rotatable bonds is 8. The molecule has 0 aliphatic rings. The van der Waals surface area contributed by atoms with Gasteiger partial charge in [0, 0.05) is 6.61 Å². The van der Waals surface area contributed by atoms with Crippen LogP contribution in [0.3, 0.4) is 0 Å². The zero-order chi connectivity index (χ0) is 8.36. The van der Waals surface area contributed by atoms with Gasteiger partial charge in [-0.3, -0.25) is 0 Å². The number of nitrogens with zero attached hydrogens (tertiary/aromatic N) is 1. The molecule has 0 heterocycles. The van der Waals surface area contributed by atoms with Crippen LogP contribution in [0, 0.1) is 4.91 Å². The fourth-order valence-electron chi connectivity index (χ4n) is 0.568. The maximum Gasteiger partial charge on any atom is 0.104 e. The molecule has 0 spiro atoms. The highest BCUT2D eigenvalue weighted by molar-refractivity contribution is 4.37. The molecular weight excluding hydrogens is 146 g/mol. The summed E-state index contributed by atoms with van der Waals surface area (Å²) in [5, 5.41) is 2.65. The first-order valence-electron chi connectivity index (χ1n) is 3.86. The maximum atomic E-state index is 9.58. The van der Waals surface area contributed by atoms with Gasteiger partial charge in [0.05, 0.1) is 19.8 Å². The Kier molecular flexibility index (Phi) is 9.10. The Morgan fingerprint density at radius 2 is 1.73 bits per heavy atom. The predicted molar refractivity (Wildman–Crippen MR) is 42.6 cm³/mol. The lowest BCUT2D eigenvalue weighted by molar-refractivity contribution is 0.0510. The smallest absolute Gasteiger partial charge is 0.104 e. The van der Waals surface area contributed by atoms with E-state index in [0.29, 0.717) is 19.8 Å². The van der Waals surface area contributed by atoms with Gasteiger partial charge in [0.1, 0.15) is 6.54 Å². The largest absolute Gasteiger partial charge is 0.379 e. The topological polar surface area (TPSA) is 47.9 Å². The second-order valence-electron chi connectivity index (χ2n) is 2.08. The molecule has 0 fully saturated rings. The van der Waals surface area contributed by atoms with Gasteiger partial charge in [-0.1, -0.05) is 12.1 Å². The van der Waals surface area contributed by atoms with Crippen molar-refractivity contribution in [2.24, 2.45) is 5.18 Å². The summed E-state index contributed by atoms with van der Waals surface area (Å²) in [6.07, 6.45) is 1.02. The minimum atomic E-state index is 0.230. The summed E-state index contributed by atoms with van der Waals surface area (Å²) in [5.74, 6) is 0. The van der Waals surface area contributed by atoms with Crippen LogP contribution in [-0.2, 0) is 9.47 Å². The van der Waals surface area contributed by atoms with Crippen LogP contribution in [0.4, 0.5) is 0 Å². The Labute approximate surface area is 66.9 Å². The Bertz CT molecular complexity index is 87.8.